The first-order valence-electron chi connectivity index (χ1n) is 9.35. The molecule has 0 aromatic heterocycles. The van der Waals surface area contributed by atoms with E-state index in [1.165, 1.54) is 28.6 Å². The number of aliphatic hydroxyl groups excluding tert-OH is 1. The van der Waals surface area contributed by atoms with Crippen molar-refractivity contribution < 1.29 is 21.9 Å². The van der Waals surface area contributed by atoms with Crippen molar-refractivity contribution in [1.82, 2.24) is 8.61 Å². The number of nitrogens with zero attached hydrogens (tertiary/aromatic N) is 2. The molecule has 0 saturated carbocycles. The van der Waals surface area contributed by atoms with Gasteiger partial charge in [0.15, 0.2) is 0 Å². The van der Waals surface area contributed by atoms with Crippen LogP contribution in [-0.4, -0.2) is 62.3 Å². The zero-order valence-electron chi connectivity index (χ0n) is 16.7. The lowest BCUT2D eigenvalue weighted by molar-refractivity contribution is 0.142. The average Bonchev–Trinajstić information content (AvgIpc) is 2.81. The lowest BCUT2D eigenvalue weighted by atomic mass is 10.2. The summed E-state index contributed by atoms with van der Waals surface area (Å²) in [5.41, 5.74) is 1.87. The molecule has 1 aliphatic rings. The Labute approximate surface area is 172 Å². The average molecular weight is 439 g/mol. The molecule has 0 amide bonds. The van der Waals surface area contributed by atoms with Gasteiger partial charge in [-0.15, -0.1) is 0 Å². The molecule has 3 rings (SSSR count). The standard InChI is InChI=1S/C20H26N2O5S2/c1-15-4-8-19(9-5-15)28(24,25)21-12-17(3)22(14-18(23)13-21)29(26,27)20-10-6-16(2)7-11-20/h4-11,17-18,23H,12-14H2,1-3H3. The summed E-state index contributed by atoms with van der Waals surface area (Å²) < 4.78 is 54.7. The molecule has 9 heteroatoms. The van der Waals surface area contributed by atoms with Gasteiger partial charge in [0.2, 0.25) is 20.0 Å². The molecule has 158 valence electrons. The van der Waals surface area contributed by atoms with Crippen LogP contribution in [0.1, 0.15) is 18.1 Å². The monoisotopic (exact) mass is 438 g/mol. The summed E-state index contributed by atoms with van der Waals surface area (Å²) in [6.07, 6.45) is -1.14. The molecule has 1 N–H and O–H groups in total. The first kappa shape index (κ1) is 21.9. The minimum atomic E-state index is -3.87. The van der Waals surface area contributed by atoms with Crippen LogP contribution in [0.2, 0.25) is 0 Å². The van der Waals surface area contributed by atoms with Gasteiger partial charge < -0.3 is 5.11 Å². The molecule has 7 nitrogen and oxygen atoms in total. The second kappa shape index (κ2) is 8.16. The normalized spacial score (nSPS) is 22.3. The van der Waals surface area contributed by atoms with Crippen LogP contribution < -0.4 is 0 Å². The van der Waals surface area contributed by atoms with E-state index in [9.17, 15) is 21.9 Å². The Morgan fingerprint density at radius 1 is 0.759 bits per heavy atom. The predicted molar refractivity (Wildman–Crippen MR) is 110 cm³/mol. The fourth-order valence-corrected chi connectivity index (χ4v) is 6.60. The van der Waals surface area contributed by atoms with Gasteiger partial charge in [0, 0.05) is 25.7 Å². The topological polar surface area (TPSA) is 95.0 Å². The molecule has 0 bridgehead atoms. The van der Waals surface area contributed by atoms with Crippen LogP contribution >= 0.6 is 0 Å². The quantitative estimate of drug-likeness (QED) is 0.785. The molecule has 0 aliphatic carbocycles. The highest BCUT2D eigenvalue weighted by molar-refractivity contribution is 7.89. The molecule has 0 spiro atoms. The second-order valence-corrected chi connectivity index (χ2v) is 11.4. The van der Waals surface area contributed by atoms with E-state index in [1.54, 1.807) is 31.2 Å². The molecule has 29 heavy (non-hydrogen) atoms. The van der Waals surface area contributed by atoms with Gasteiger partial charge in [0.1, 0.15) is 0 Å². The summed E-state index contributed by atoms with van der Waals surface area (Å²) in [7, 11) is -7.73. The van der Waals surface area contributed by atoms with Crippen LogP contribution in [0.3, 0.4) is 0 Å². The fourth-order valence-electron chi connectivity index (χ4n) is 3.38. The van der Waals surface area contributed by atoms with Crippen molar-refractivity contribution >= 4 is 20.0 Å². The molecule has 1 aliphatic heterocycles. The fraction of sp³-hybridized carbons (Fsp3) is 0.400. The van der Waals surface area contributed by atoms with Crippen LogP contribution in [0, 0.1) is 13.8 Å². The van der Waals surface area contributed by atoms with Crippen LogP contribution in [0.25, 0.3) is 0 Å². The largest absolute Gasteiger partial charge is 0.390 e. The highest BCUT2D eigenvalue weighted by atomic mass is 32.2. The molecule has 1 saturated heterocycles. The smallest absolute Gasteiger partial charge is 0.243 e. The maximum absolute atomic E-state index is 13.1. The third kappa shape index (κ3) is 4.54. The van der Waals surface area contributed by atoms with Gasteiger partial charge in [0.05, 0.1) is 15.9 Å². The molecule has 2 atom stereocenters. The van der Waals surface area contributed by atoms with E-state index >= 15 is 0 Å². The van der Waals surface area contributed by atoms with Crippen molar-refractivity contribution in [3.8, 4) is 0 Å². The van der Waals surface area contributed by atoms with Crippen molar-refractivity contribution in [3.63, 3.8) is 0 Å². The maximum Gasteiger partial charge on any atom is 0.243 e. The molecular weight excluding hydrogens is 412 g/mol. The van der Waals surface area contributed by atoms with Crippen LogP contribution in [0.15, 0.2) is 58.3 Å². The Balaban J connectivity index is 1.91. The van der Waals surface area contributed by atoms with E-state index < -0.39 is 32.2 Å². The summed E-state index contributed by atoms with van der Waals surface area (Å²) in [6, 6.07) is 12.3. The van der Waals surface area contributed by atoms with E-state index in [0.29, 0.717) is 0 Å². The Hall–Kier alpha value is -1.78. The Kier molecular flexibility index (Phi) is 6.16. The van der Waals surface area contributed by atoms with Gasteiger partial charge in [-0.3, -0.25) is 0 Å². The highest BCUT2D eigenvalue weighted by Crippen LogP contribution is 2.25. The van der Waals surface area contributed by atoms with E-state index in [1.807, 2.05) is 13.8 Å². The van der Waals surface area contributed by atoms with Gasteiger partial charge in [-0.2, -0.15) is 8.61 Å². The number of sulfonamides is 2. The van der Waals surface area contributed by atoms with Crippen molar-refractivity contribution in [2.24, 2.45) is 0 Å². The lowest BCUT2D eigenvalue weighted by Crippen LogP contribution is -2.44. The number of aliphatic hydroxyl groups is 1. The molecule has 1 fully saturated rings. The summed E-state index contributed by atoms with van der Waals surface area (Å²) in [5.74, 6) is 0. The third-order valence-electron chi connectivity index (χ3n) is 5.05. The Bertz CT molecular complexity index is 1060. The third-order valence-corrected chi connectivity index (χ3v) is 8.89. The molecule has 2 aromatic carbocycles. The number of hydrogen-bond donors (Lipinski definition) is 1. The molecule has 2 aromatic rings. The van der Waals surface area contributed by atoms with Crippen molar-refractivity contribution in [1.29, 1.82) is 0 Å². The summed E-state index contributed by atoms with van der Waals surface area (Å²) in [4.78, 5) is 0.245. The number of benzene rings is 2. The zero-order chi connectivity index (χ0) is 21.4. The zero-order valence-corrected chi connectivity index (χ0v) is 18.3. The maximum atomic E-state index is 13.1. The lowest BCUT2D eigenvalue weighted by Gasteiger charge is -2.28. The van der Waals surface area contributed by atoms with Gasteiger partial charge in [-0.05, 0) is 45.0 Å². The van der Waals surface area contributed by atoms with Crippen LogP contribution in [0.4, 0.5) is 0 Å². The van der Waals surface area contributed by atoms with E-state index in [-0.39, 0.29) is 29.4 Å². The van der Waals surface area contributed by atoms with Gasteiger partial charge in [0.25, 0.3) is 0 Å². The van der Waals surface area contributed by atoms with E-state index in [4.69, 9.17) is 0 Å². The van der Waals surface area contributed by atoms with Crippen LogP contribution in [-0.2, 0) is 20.0 Å². The van der Waals surface area contributed by atoms with Crippen LogP contribution in [0.5, 0.6) is 0 Å². The Morgan fingerprint density at radius 2 is 1.21 bits per heavy atom. The summed E-state index contributed by atoms with van der Waals surface area (Å²) in [6.45, 7) is 5.00. The summed E-state index contributed by atoms with van der Waals surface area (Å²) in [5, 5.41) is 10.4. The van der Waals surface area contributed by atoms with E-state index in [2.05, 4.69) is 0 Å². The number of aryl methyl sites for hydroxylation is 2. The van der Waals surface area contributed by atoms with Gasteiger partial charge in [-0.25, -0.2) is 16.8 Å². The Morgan fingerprint density at radius 3 is 1.69 bits per heavy atom. The SMILES string of the molecule is Cc1ccc(S(=O)(=O)N2CC(O)CN(S(=O)(=O)c3ccc(C)cc3)C(C)C2)cc1. The van der Waals surface area contributed by atoms with E-state index in [0.717, 1.165) is 15.4 Å². The second-order valence-electron chi connectivity index (χ2n) is 7.53. The number of rotatable bonds is 4. The van der Waals surface area contributed by atoms with Gasteiger partial charge in [-0.1, -0.05) is 35.4 Å². The molecule has 2 unspecified atom stereocenters. The highest BCUT2D eigenvalue weighted by Gasteiger charge is 2.38. The first-order valence-corrected chi connectivity index (χ1v) is 12.2. The first-order chi connectivity index (χ1) is 13.5. The minimum Gasteiger partial charge on any atom is -0.390 e. The van der Waals surface area contributed by atoms with Crippen molar-refractivity contribution in [2.45, 2.75) is 42.7 Å². The van der Waals surface area contributed by atoms with Gasteiger partial charge >= 0.3 is 0 Å². The molecular formula is C20H26N2O5S2. The number of β-amino-alcohol motifs (C(OH)–C–C–N with tert-alkyl or cyclic N) is 1. The predicted octanol–water partition coefficient (Wildman–Crippen LogP) is 1.75. The number of hydrogen-bond acceptors (Lipinski definition) is 5. The summed E-state index contributed by atoms with van der Waals surface area (Å²) >= 11 is 0. The molecule has 1 heterocycles. The van der Waals surface area contributed by atoms with Crippen molar-refractivity contribution in [2.75, 3.05) is 19.6 Å². The minimum absolute atomic E-state index is 0.0433. The molecule has 0 radical (unpaired) electrons. The van der Waals surface area contributed by atoms with Crippen molar-refractivity contribution in [3.05, 3.63) is 59.7 Å².